The zero-order valence-electron chi connectivity index (χ0n) is 10.7. The third-order valence-electron chi connectivity index (χ3n) is 3.41. The van der Waals surface area contributed by atoms with Crippen LogP contribution >= 0.6 is 0 Å². The van der Waals surface area contributed by atoms with Crippen LogP contribution in [0.25, 0.3) is 0 Å². The Hall–Kier alpha value is -0.860. The Morgan fingerprint density at radius 2 is 1.94 bits per heavy atom. The van der Waals surface area contributed by atoms with Crippen molar-refractivity contribution in [1.29, 1.82) is 0 Å². The molecule has 1 heterocycles. The molecule has 1 unspecified atom stereocenters. The summed E-state index contributed by atoms with van der Waals surface area (Å²) in [6, 6.07) is 7.19. The summed E-state index contributed by atoms with van der Waals surface area (Å²) >= 11 is 0. The van der Waals surface area contributed by atoms with Gasteiger partial charge < -0.3 is 10.6 Å². The maximum Gasteiger partial charge on any atom is 0.0451 e. The number of benzene rings is 1. The fourth-order valence-corrected chi connectivity index (χ4v) is 2.29. The Kier molecular flexibility index (Phi) is 3.04. The quantitative estimate of drug-likeness (QED) is 0.756. The lowest BCUT2D eigenvalue weighted by atomic mass is 9.94. The second kappa shape index (κ2) is 4.19. The van der Waals surface area contributed by atoms with E-state index in [9.17, 15) is 0 Å². The van der Waals surface area contributed by atoms with Crippen LogP contribution in [0.15, 0.2) is 18.2 Å². The molecule has 2 rings (SSSR count). The minimum absolute atomic E-state index is 0.182. The lowest BCUT2D eigenvalue weighted by Crippen LogP contribution is -2.56. The summed E-state index contributed by atoms with van der Waals surface area (Å²) in [6.45, 7) is 10.9. The van der Waals surface area contributed by atoms with Crippen LogP contribution in [0.2, 0.25) is 0 Å². The summed E-state index contributed by atoms with van der Waals surface area (Å²) in [6.07, 6.45) is 0. The van der Waals surface area contributed by atoms with Crippen LogP contribution in [0.1, 0.15) is 36.6 Å². The van der Waals surface area contributed by atoms with Crippen LogP contribution in [0.3, 0.4) is 0 Å². The number of nitrogens with one attached hydrogen (secondary N) is 2. The van der Waals surface area contributed by atoms with E-state index in [0.29, 0.717) is 6.04 Å². The van der Waals surface area contributed by atoms with Gasteiger partial charge in [-0.1, -0.05) is 18.2 Å². The smallest absolute Gasteiger partial charge is 0.0451 e. The molecule has 1 aromatic rings. The predicted octanol–water partition coefficient (Wildman–Crippen LogP) is 2.32. The van der Waals surface area contributed by atoms with Crippen molar-refractivity contribution in [2.45, 2.75) is 39.3 Å². The highest BCUT2D eigenvalue weighted by Crippen LogP contribution is 2.21. The molecule has 2 heteroatoms. The van der Waals surface area contributed by atoms with Crippen LogP contribution in [-0.2, 0) is 0 Å². The second-order valence-corrected chi connectivity index (χ2v) is 5.56. The zero-order valence-corrected chi connectivity index (χ0v) is 10.7. The van der Waals surface area contributed by atoms with Crippen molar-refractivity contribution < 1.29 is 0 Å². The maximum atomic E-state index is 3.69. The lowest BCUT2D eigenvalue weighted by Gasteiger charge is -2.38. The molecule has 0 bridgehead atoms. The van der Waals surface area contributed by atoms with Gasteiger partial charge in [-0.2, -0.15) is 0 Å². The van der Waals surface area contributed by atoms with Gasteiger partial charge in [-0.05, 0) is 44.4 Å². The van der Waals surface area contributed by atoms with E-state index in [4.69, 9.17) is 0 Å². The van der Waals surface area contributed by atoms with Crippen LogP contribution in [-0.4, -0.2) is 18.6 Å². The first-order valence-electron chi connectivity index (χ1n) is 6.03. The lowest BCUT2D eigenvalue weighted by molar-refractivity contribution is 0.264. The number of hydrogen-bond acceptors (Lipinski definition) is 2. The van der Waals surface area contributed by atoms with E-state index < -0.39 is 0 Å². The highest BCUT2D eigenvalue weighted by atomic mass is 15.1. The molecule has 1 atom stereocenters. The average molecular weight is 218 g/mol. The molecule has 1 saturated heterocycles. The molecule has 0 aromatic heterocycles. The summed E-state index contributed by atoms with van der Waals surface area (Å²) in [5, 5.41) is 7.19. The van der Waals surface area contributed by atoms with Crippen molar-refractivity contribution in [2.75, 3.05) is 13.1 Å². The molecule has 88 valence electrons. The Bertz CT molecular complexity index is 382. The number of aryl methyl sites for hydroxylation is 2. The Morgan fingerprint density at radius 1 is 1.19 bits per heavy atom. The van der Waals surface area contributed by atoms with Crippen LogP contribution in [0.5, 0.6) is 0 Å². The van der Waals surface area contributed by atoms with Crippen molar-refractivity contribution in [3.8, 4) is 0 Å². The first kappa shape index (κ1) is 11.6. The van der Waals surface area contributed by atoms with E-state index in [-0.39, 0.29) is 5.54 Å². The number of hydrogen-bond donors (Lipinski definition) is 2. The monoisotopic (exact) mass is 218 g/mol. The second-order valence-electron chi connectivity index (χ2n) is 5.56. The zero-order chi connectivity index (χ0) is 11.8. The van der Waals surface area contributed by atoms with Gasteiger partial charge in [0.15, 0.2) is 0 Å². The molecule has 0 amide bonds. The maximum absolute atomic E-state index is 3.69. The van der Waals surface area contributed by atoms with Gasteiger partial charge in [-0.3, -0.25) is 0 Å². The van der Waals surface area contributed by atoms with Gasteiger partial charge in [-0.25, -0.2) is 0 Å². The van der Waals surface area contributed by atoms with E-state index >= 15 is 0 Å². The molecule has 0 spiro atoms. The molecule has 1 aliphatic rings. The summed E-state index contributed by atoms with van der Waals surface area (Å²) in [7, 11) is 0. The topological polar surface area (TPSA) is 24.1 Å². The summed E-state index contributed by atoms with van der Waals surface area (Å²) in [4.78, 5) is 0. The molecule has 2 nitrogen and oxygen atoms in total. The van der Waals surface area contributed by atoms with Crippen molar-refractivity contribution in [3.63, 3.8) is 0 Å². The highest BCUT2D eigenvalue weighted by molar-refractivity contribution is 5.32. The first-order valence-corrected chi connectivity index (χ1v) is 6.03. The molecule has 2 N–H and O–H groups in total. The molecule has 0 radical (unpaired) electrons. The van der Waals surface area contributed by atoms with E-state index in [0.717, 1.165) is 13.1 Å². The molecular formula is C14H22N2. The number of rotatable bonds is 1. The fourth-order valence-electron chi connectivity index (χ4n) is 2.29. The molecule has 0 aliphatic carbocycles. The molecular weight excluding hydrogens is 196 g/mol. The predicted molar refractivity (Wildman–Crippen MR) is 68.7 cm³/mol. The van der Waals surface area contributed by atoms with Crippen LogP contribution in [0, 0.1) is 13.8 Å². The van der Waals surface area contributed by atoms with Crippen molar-refractivity contribution in [1.82, 2.24) is 10.6 Å². The molecule has 0 saturated carbocycles. The van der Waals surface area contributed by atoms with Gasteiger partial charge in [0.05, 0.1) is 0 Å². The van der Waals surface area contributed by atoms with Gasteiger partial charge >= 0.3 is 0 Å². The van der Waals surface area contributed by atoms with Gasteiger partial charge in [0, 0.05) is 24.7 Å². The van der Waals surface area contributed by atoms with E-state index in [1.165, 1.54) is 16.7 Å². The van der Waals surface area contributed by atoms with E-state index in [1.807, 2.05) is 0 Å². The molecule has 1 aliphatic heterocycles. The standard InChI is InChI=1S/C14H22N2/c1-10-5-6-12(7-11(10)2)13-8-15-9-14(3,4)16-13/h5-7,13,15-16H,8-9H2,1-4H3. The Labute approximate surface area is 98.4 Å². The molecule has 16 heavy (non-hydrogen) atoms. The minimum Gasteiger partial charge on any atom is -0.313 e. The first-order chi connectivity index (χ1) is 7.48. The van der Waals surface area contributed by atoms with Gasteiger partial charge in [0.1, 0.15) is 0 Å². The SMILES string of the molecule is Cc1ccc(C2CNCC(C)(C)N2)cc1C. The van der Waals surface area contributed by atoms with Crippen molar-refractivity contribution in [2.24, 2.45) is 0 Å². The van der Waals surface area contributed by atoms with Gasteiger partial charge in [0.2, 0.25) is 0 Å². The third kappa shape index (κ3) is 2.45. The summed E-state index contributed by atoms with van der Waals surface area (Å²) in [5.74, 6) is 0. The largest absolute Gasteiger partial charge is 0.313 e. The normalized spacial score (nSPS) is 24.4. The fraction of sp³-hybridized carbons (Fsp3) is 0.571. The Morgan fingerprint density at radius 3 is 2.56 bits per heavy atom. The highest BCUT2D eigenvalue weighted by Gasteiger charge is 2.27. The van der Waals surface area contributed by atoms with Gasteiger partial charge in [-0.15, -0.1) is 0 Å². The van der Waals surface area contributed by atoms with E-state index in [2.05, 4.69) is 56.5 Å². The third-order valence-corrected chi connectivity index (χ3v) is 3.41. The Balaban J connectivity index is 2.20. The van der Waals surface area contributed by atoms with Crippen molar-refractivity contribution >= 4 is 0 Å². The van der Waals surface area contributed by atoms with Gasteiger partial charge in [0.25, 0.3) is 0 Å². The van der Waals surface area contributed by atoms with E-state index in [1.54, 1.807) is 0 Å². The van der Waals surface area contributed by atoms with Crippen molar-refractivity contribution in [3.05, 3.63) is 34.9 Å². The summed E-state index contributed by atoms with van der Waals surface area (Å²) < 4.78 is 0. The minimum atomic E-state index is 0.182. The summed E-state index contributed by atoms with van der Waals surface area (Å²) in [5.41, 5.74) is 4.32. The molecule has 1 fully saturated rings. The molecule has 1 aromatic carbocycles. The average Bonchev–Trinajstić information content (AvgIpc) is 2.20. The van der Waals surface area contributed by atoms with Crippen LogP contribution in [0.4, 0.5) is 0 Å². The van der Waals surface area contributed by atoms with Crippen LogP contribution < -0.4 is 10.6 Å². The number of piperazine rings is 1.